The van der Waals surface area contributed by atoms with Gasteiger partial charge in [0.25, 0.3) is 0 Å². The molecular weight excluding hydrogens is 140 g/mol. The highest BCUT2D eigenvalue weighted by Crippen LogP contribution is 2.34. The van der Waals surface area contributed by atoms with Gasteiger partial charge in [0, 0.05) is 0 Å². The molecule has 2 unspecified atom stereocenters. The Morgan fingerprint density at radius 2 is 2.00 bits per heavy atom. The van der Waals surface area contributed by atoms with Crippen LogP contribution in [0.2, 0.25) is 0 Å². The van der Waals surface area contributed by atoms with Crippen LogP contribution in [0.4, 0.5) is 0 Å². The van der Waals surface area contributed by atoms with Crippen molar-refractivity contribution in [2.75, 3.05) is 0 Å². The number of ether oxygens (including phenoxy) is 1. The van der Waals surface area contributed by atoms with Crippen LogP contribution < -0.4 is 0 Å². The van der Waals surface area contributed by atoms with E-state index in [-0.39, 0.29) is 11.7 Å². The molecule has 1 fully saturated rings. The van der Waals surface area contributed by atoms with Crippen molar-refractivity contribution in [3.05, 3.63) is 0 Å². The van der Waals surface area contributed by atoms with Crippen LogP contribution in [0.5, 0.6) is 0 Å². The Morgan fingerprint density at radius 1 is 1.55 bits per heavy atom. The molecule has 62 valence electrons. The van der Waals surface area contributed by atoms with Gasteiger partial charge in [-0.1, -0.05) is 11.8 Å². The number of rotatable bonds is 0. The van der Waals surface area contributed by atoms with E-state index in [2.05, 4.69) is 11.8 Å². The van der Waals surface area contributed by atoms with Gasteiger partial charge in [0.1, 0.15) is 5.60 Å². The van der Waals surface area contributed by atoms with Gasteiger partial charge >= 0.3 is 0 Å². The van der Waals surface area contributed by atoms with Gasteiger partial charge in [-0.3, -0.25) is 0 Å². The van der Waals surface area contributed by atoms with Crippen molar-refractivity contribution in [2.24, 2.45) is 0 Å². The van der Waals surface area contributed by atoms with Crippen molar-refractivity contribution in [2.45, 2.75) is 45.0 Å². The summed E-state index contributed by atoms with van der Waals surface area (Å²) in [5.74, 6) is 5.64. The van der Waals surface area contributed by atoms with Gasteiger partial charge in [0.2, 0.25) is 0 Å². The second-order valence-electron chi connectivity index (χ2n) is 3.68. The Kier molecular flexibility index (Phi) is 1.74. The minimum atomic E-state index is -0.908. The Morgan fingerprint density at radius 3 is 2.27 bits per heavy atom. The van der Waals surface area contributed by atoms with Crippen LogP contribution >= 0.6 is 0 Å². The summed E-state index contributed by atoms with van der Waals surface area (Å²) < 4.78 is 5.22. The van der Waals surface area contributed by atoms with Crippen molar-refractivity contribution >= 4 is 0 Å². The number of hydrogen-bond acceptors (Lipinski definition) is 2. The molecule has 2 nitrogen and oxygen atoms in total. The summed E-state index contributed by atoms with van der Waals surface area (Å²) >= 11 is 0. The molecule has 11 heavy (non-hydrogen) atoms. The van der Waals surface area contributed by atoms with E-state index < -0.39 is 5.60 Å². The fraction of sp³-hybridized carbons (Fsp3) is 0.778. The lowest BCUT2D eigenvalue weighted by Crippen LogP contribution is -2.16. The maximum atomic E-state index is 9.27. The summed E-state index contributed by atoms with van der Waals surface area (Å²) in [7, 11) is 0. The highest BCUT2D eigenvalue weighted by atomic mass is 16.6. The molecule has 0 radical (unpaired) electrons. The minimum absolute atomic E-state index is 0.206. The highest BCUT2D eigenvalue weighted by molar-refractivity contribution is 5.25. The molecule has 2 heteroatoms. The minimum Gasteiger partial charge on any atom is -0.378 e. The van der Waals surface area contributed by atoms with Crippen molar-refractivity contribution in [1.82, 2.24) is 0 Å². The summed E-state index contributed by atoms with van der Waals surface area (Å²) in [4.78, 5) is 0. The quantitative estimate of drug-likeness (QED) is 0.416. The van der Waals surface area contributed by atoms with Gasteiger partial charge in [0.15, 0.2) is 5.60 Å². The van der Waals surface area contributed by atoms with Crippen molar-refractivity contribution in [3.8, 4) is 11.8 Å². The molecule has 0 aliphatic carbocycles. The van der Waals surface area contributed by atoms with E-state index in [0.29, 0.717) is 0 Å². The third-order valence-electron chi connectivity index (χ3n) is 1.76. The van der Waals surface area contributed by atoms with Gasteiger partial charge in [0.05, 0.1) is 6.10 Å². The third kappa shape index (κ3) is 2.21. The van der Waals surface area contributed by atoms with E-state index in [1.165, 1.54) is 0 Å². The van der Waals surface area contributed by atoms with E-state index in [1.54, 1.807) is 13.8 Å². The standard InChI is InChI=1S/C9H14O2/c1-7-9(4,11-7)6-5-8(2,3)10/h7,10H,1-4H3. The molecule has 0 aromatic heterocycles. The Hall–Kier alpha value is -0.520. The molecule has 2 atom stereocenters. The van der Waals surface area contributed by atoms with E-state index in [9.17, 15) is 5.11 Å². The lowest BCUT2D eigenvalue weighted by Gasteiger charge is -2.06. The molecule has 1 aliphatic heterocycles. The second-order valence-corrected chi connectivity index (χ2v) is 3.68. The molecule has 1 saturated heterocycles. The third-order valence-corrected chi connectivity index (χ3v) is 1.76. The summed E-state index contributed by atoms with van der Waals surface area (Å²) in [6.07, 6.45) is 0.206. The number of epoxide rings is 1. The summed E-state index contributed by atoms with van der Waals surface area (Å²) in [6, 6.07) is 0. The number of aliphatic hydroxyl groups is 1. The maximum absolute atomic E-state index is 9.27. The second kappa shape index (κ2) is 2.23. The van der Waals surface area contributed by atoms with E-state index in [0.717, 1.165) is 0 Å². The molecule has 1 aliphatic rings. The molecule has 1 heterocycles. The fourth-order valence-electron chi connectivity index (χ4n) is 0.741. The van der Waals surface area contributed by atoms with E-state index in [4.69, 9.17) is 4.74 Å². The largest absolute Gasteiger partial charge is 0.378 e. The molecular formula is C9H14O2. The molecule has 0 bridgehead atoms. The summed E-state index contributed by atoms with van der Waals surface area (Å²) in [5.41, 5.74) is -1.21. The predicted octanol–water partition coefficient (Wildman–Crippen LogP) is 0.938. The Bertz CT molecular complexity index is 216. The lowest BCUT2D eigenvalue weighted by atomic mass is 10.1. The molecule has 0 spiro atoms. The summed E-state index contributed by atoms with van der Waals surface area (Å²) in [6.45, 7) is 7.22. The van der Waals surface area contributed by atoms with Crippen LogP contribution in [0, 0.1) is 11.8 Å². The van der Waals surface area contributed by atoms with Gasteiger partial charge in [-0.05, 0) is 27.7 Å². The normalized spacial score (nSPS) is 35.9. The fourth-order valence-corrected chi connectivity index (χ4v) is 0.741. The zero-order valence-electron chi connectivity index (χ0n) is 7.43. The van der Waals surface area contributed by atoms with Gasteiger partial charge in [-0.25, -0.2) is 0 Å². The molecule has 0 saturated carbocycles. The maximum Gasteiger partial charge on any atom is 0.152 e. The van der Waals surface area contributed by atoms with Crippen LogP contribution in [0.15, 0.2) is 0 Å². The molecule has 0 aromatic rings. The van der Waals surface area contributed by atoms with Crippen LogP contribution in [0.25, 0.3) is 0 Å². The number of hydrogen-bond donors (Lipinski definition) is 1. The molecule has 1 rings (SSSR count). The monoisotopic (exact) mass is 154 g/mol. The average molecular weight is 154 g/mol. The van der Waals surface area contributed by atoms with Crippen LogP contribution in [-0.2, 0) is 4.74 Å². The summed E-state index contributed by atoms with van der Waals surface area (Å²) in [5, 5.41) is 9.27. The smallest absolute Gasteiger partial charge is 0.152 e. The Labute approximate surface area is 67.6 Å². The van der Waals surface area contributed by atoms with Crippen LogP contribution in [0.3, 0.4) is 0 Å². The average Bonchev–Trinajstić information content (AvgIpc) is 2.36. The van der Waals surface area contributed by atoms with Gasteiger partial charge in [-0.2, -0.15) is 0 Å². The topological polar surface area (TPSA) is 32.8 Å². The first-order valence-corrected chi connectivity index (χ1v) is 3.78. The van der Waals surface area contributed by atoms with Crippen molar-refractivity contribution in [1.29, 1.82) is 0 Å². The lowest BCUT2D eigenvalue weighted by molar-refractivity contribution is 0.143. The first-order valence-electron chi connectivity index (χ1n) is 3.78. The van der Waals surface area contributed by atoms with E-state index >= 15 is 0 Å². The molecule has 1 N–H and O–H groups in total. The first kappa shape index (κ1) is 8.58. The first-order chi connectivity index (χ1) is 4.83. The predicted molar refractivity (Wildman–Crippen MR) is 43.0 cm³/mol. The van der Waals surface area contributed by atoms with Crippen molar-refractivity contribution in [3.63, 3.8) is 0 Å². The molecule has 0 aromatic carbocycles. The van der Waals surface area contributed by atoms with Gasteiger partial charge < -0.3 is 9.84 Å². The molecule has 0 amide bonds. The Balaban J connectivity index is 2.59. The highest BCUT2D eigenvalue weighted by Gasteiger charge is 2.47. The van der Waals surface area contributed by atoms with Crippen LogP contribution in [0.1, 0.15) is 27.7 Å². The zero-order chi connectivity index (χ0) is 8.70. The van der Waals surface area contributed by atoms with Crippen molar-refractivity contribution < 1.29 is 9.84 Å². The zero-order valence-corrected chi connectivity index (χ0v) is 7.43. The van der Waals surface area contributed by atoms with Crippen LogP contribution in [-0.4, -0.2) is 22.4 Å². The SMILES string of the molecule is CC1OC1(C)C#CC(C)(C)O. The van der Waals surface area contributed by atoms with E-state index in [1.807, 2.05) is 13.8 Å². The van der Waals surface area contributed by atoms with Gasteiger partial charge in [-0.15, -0.1) is 0 Å².